The Morgan fingerprint density at radius 3 is 2.65 bits per heavy atom. The van der Waals surface area contributed by atoms with E-state index in [9.17, 15) is 4.79 Å². The lowest BCUT2D eigenvalue weighted by Crippen LogP contribution is -2.19. The lowest BCUT2D eigenvalue weighted by molar-refractivity contribution is 0.0949. The maximum Gasteiger partial charge on any atom is 0.289 e. The number of carbonyl (C=O) groups is 1. The van der Waals surface area contributed by atoms with Crippen LogP contribution in [-0.2, 0) is 0 Å². The second kappa shape index (κ2) is 8.06. The third-order valence-electron chi connectivity index (χ3n) is 3.76. The van der Waals surface area contributed by atoms with E-state index >= 15 is 0 Å². The van der Waals surface area contributed by atoms with Gasteiger partial charge in [0.15, 0.2) is 0 Å². The Bertz CT molecular complexity index is 901. The lowest BCUT2D eigenvalue weighted by Gasteiger charge is -2.04. The standard InChI is InChI=1S/C19H19N5O2/c1-3-26-16-6-4-15(5-7-16)17-13(2)18(23-22-17)19(25)24-21-12-14-8-10-20-11-9-14/h4-12H,3H2,1-2H3,(H,22,23)(H,24,25)/b21-12+. The number of carbonyl (C=O) groups excluding carboxylic acids is 1. The molecule has 7 nitrogen and oxygen atoms in total. The van der Waals surface area contributed by atoms with Gasteiger partial charge in [0.2, 0.25) is 0 Å². The lowest BCUT2D eigenvalue weighted by atomic mass is 10.1. The van der Waals surface area contributed by atoms with Crippen molar-refractivity contribution in [1.82, 2.24) is 20.6 Å². The number of ether oxygens (including phenoxy) is 1. The SMILES string of the molecule is CCOc1ccc(-c2n[nH]c(C(=O)N/N=C/c3ccncc3)c2C)cc1. The molecule has 0 fully saturated rings. The molecule has 1 amide bonds. The second-order valence-electron chi connectivity index (χ2n) is 5.51. The first kappa shape index (κ1) is 17.3. The predicted molar refractivity (Wildman–Crippen MR) is 99.2 cm³/mol. The molecule has 0 atom stereocenters. The fourth-order valence-corrected chi connectivity index (χ4v) is 2.45. The van der Waals surface area contributed by atoms with E-state index in [2.05, 4.69) is 25.7 Å². The Hall–Kier alpha value is -3.48. The minimum atomic E-state index is -0.350. The van der Waals surface area contributed by atoms with Crippen LogP contribution in [0.3, 0.4) is 0 Å². The highest BCUT2D eigenvalue weighted by atomic mass is 16.5. The highest BCUT2D eigenvalue weighted by molar-refractivity contribution is 5.95. The van der Waals surface area contributed by atoms with Gasteiger partial charge in [-0.1, -0.05) is 0 Å². The Kier molecular flexibility index (Phi) is 5.38. The molecule has 0 aliphatic heterocycles. The summed E-state index contributed by atoms with van der Waals surface area (Å²) in [5, 5.41) is 11.0. The number of hydrogen-bond donors (Lipinski definition) is 2. The zero-order valence-electron chi connectivity index (χ0n) is 14.6. The molecule has 7 heteroatoms. The maximum absolute atomic E-state index is 12.3. The summed E-state index contributed by atoms with van der Waals surface area (Å²) in [6, 6.07) is 11.2. The first-order valence-electron chi connectivity index (χ1n) is 8.20. The maximum atomic E-state index is 12.3. The Morgan fingerprint density at radius 1 is 1.23 bits per heavy atom. The molecular weight excluding hydrogens is 330 g/mol. The van der Waals surface area contributed by atoms with E-state index in [0.717, 1.165) is 28.1 Å². The summed E-state index contributed by atoms with van der Waals surface area (Å²) in [5.74, 6) is 0.449. The Morgan fingerprint density at radius 2 is 1.96 bits per heavy atom. The highest BCUT2D eigenvalue weighted by Crippen LogP contribution is 2.25. The number of aromatic amines is 1. The van der Waals surface area contributed by atoms with Crippen molar-refractivity contribution in [1.29, 1.82) is 0 Å². The number of pyridine rings is 1. The molecule has 3 rings (SSSR count). The van der Waals surface area contributed by atoms with Crippen molar-refractivity contribution in [2.45, 2.75) is 13.8 Å². The van der Waals surface area contributed by atoms with Crippen LogP contribution >= 0.6 is 0 Å². The average molecular weight is 349 g/mol. The number of nitrogens with one attached hydrogen (secondary N) is 2. The van der Waals surface area contributed by atoms with Gasteiger partial charge in [-0.05, 0) is 55.8 Å². The van der Waals surface area contributed by atoms with E-state index < -0.39 is 0 Å². The molecule has 0 spiro atoms. The molecule has 132 valence electrons. The smallest absolute Gasteiger partial charge is 0.289 e. The molecule has 2 N–H and O–H groups in total. The first-order valence-corrected chi connectivity index (χ1v) is 8.20. The summed E-state index contributed by atoms with van der Waals surface area (Å²) in [6.07, 6.45) is 4.87. The molecule has 0 bridgehead atoms. The third kappa shape index (κ3) is 3.94. The van der Waals surface area contributed by atoms with E-state index in [0.29, 0.717) is 12.3 Å². The van der Waals surface area contributed by atoms with Gasteiger partial charge in [0.05, 0.1) is 18.5 Å². The first-order chi connectivity index (χ1) is 12.7. The van der Waals surface area contributed by atoms with Crippen LogP contribution in [0.1, 0.15) is 28.5 Å². The van der Waals surface area contributed by atoms with Gasteiger partial charge in [-0.2, -0.15) is 10.2 Å². The van der Waals surface area contributed by atoms with Crippen molar-refractivity contribution < 1.29 is 9.53 Å². The van der Waals surface area contributed by atoms with Crippen LogP contribution in [-0.4, -0.2) is 33.9 Å². The third-order valence-corrected chi connectivity index (χ3v) is 3.76. The summed E-state index contributed by atoms with van der Waals surface area (Å²) in [7, 11) is 0. The molecule has 26 heavy (non-hydrogen) atoms. The van der Waals surface area contributed by atoms with Crippen molar-refractivity contribution in [3.8, 4) is 17.0 Å². The van der Waals surface area contributed by atoms with Crippen molar-refractivity contribution in [3.05, 3.63) is 65.6 Å². The van der Waals surface area contributed by atoms with E-state index in [1.54, 1.807) is 30.7 Å². The minimum absolute atomic E-state index is 0.350. The van der Waals surface area contributed by atoms with Gasteiger partial charge in [0.25, 0.3) is 5.91 Å². The van der Waals surface area contributed by atoms with Gasteiger partial charge in [0.1, 0.15) is 11.4 Å². The van der Waals surface area contributed by atoms with Crippen molar-refractivity contribution in [3.63, 3.8) is 0 Å². The molecule has 0 saturated carbocycles. The number of hydrogen-bond acceptors (Lipinski definition) is 5. The molecule has 0 aliphatic rings. The molecule has 2 aromatic heterocycles. The molecule has 0 saturated heterocycles. The summed E-state index contributed by atoms with van der Waals surface area (Å²) >= 11 is 0. The van der Waals surface area contributed by atoms with E-state index in [4.69, 9.17) is 4.74 Å². The molecule has 2 heterocycles. The summed E-state index contributed by atoms with van der Waals surface area (Å²) in [5.41, 5.74) is 6.10. The van der Waals surface area contributed by atoms with Crippen LogP contribution in [0.2, 0.25) is 0 Å². The fraction of sp³-hybridized carbons (Fsp3) is 0.158. The molecule has 0 radical (unpaired) electrons. The van der Waals surface area contributed by atoms with E-state index in [1.807, 2.05) is 38.1 Å². The van der Waals surface area contributed by atoms with Crippen LogP contribution in [0, 0.1) is 6.92 Å². The molecule has 0 unspecified atom stereocenters. The molecule has 3 aromatic rings. The van der Waals surface area contributed by atoms with Crippen molar-refractivity contribution >= 4 is 12.1 Å². The average Bonchev–Trinajstić information content (AvgIpc) is 3.05. The van der Waals surface area contributed by atoms with Crippen molar-refractivity contribution in [2.75, 3.05) is 6.61 Å². The monoisotopic (exact) mass is 349 g/mol. The number of hydrazone groups is 1. The van der Waals surface area contributed by atoms with Crippen LogP contribution in [0.15, 0.2) is 53.9 Å². The van der Waals surface area contributed by atoms with Gasteiger partial charge >= 0.3 is 0 Å². The number of H-pyrrole nitrogens is 1. The number of rotatable bonds is 6. The van der Waals surface area contributed by atoms with Gasteiger partial charge in [-0.25, -0.2) is 5.43 Å². The topological polar surface area (TPSA) is 92.3 Å². The number of amides is 1. The van der Waals surface area contributed by atoms with Gasteiger partial charge in [0, 0.05) is 23.5 Å². The van der Waals surface area contributed by atoms with Gasteiger partial charge < -0.3 is 4.74 Å². The zero-order valence-corrected chi connectivity index (χ0v) is 14.6. The molecular formula is C19H19N5O2. The van der Waals surface area contributed by atoms with Crippen molar-refractivity contribution in [2.24, 2.45) is 5.10 Å². The van der Waals surface area contributed by atoms with E-state index in [1.165, 1.54) is 0 Å². The fourth-order valence-electron chi connectivity index (χ4n) is 2.45. The summed E-state index contributed by atoms with van der Waals surface area (Å²) in [6.45, 7) is 4.40. The van der Waals surface area contributed by atoms with Crippen LogP contribution in [0.5, 0.6) is 5.75 Å². The predicted octanol–water partition coefficient (Wildman–Crippen LogP) is 2.94. The van der Waals surface area contributed by atoms with Gasteiger partial charge in [-0.3, -0.25) is 14.9 Å². The highest BCUT2D eigenvalue weighted by Gasteiger charge is 2.16. The van der Waals surface area contributed by atoms with Crippen LogP contribution < -0.4 is 10.2 Å². The number of nitrogens with zero attached hydrogens (tertiary/aromatic N) is 3. The normalized spacial score (nSPS) is 10.8. The van der Waals surface area contributed by atoms with E-state index in [-0.39, 0.29) is 5.91 Å². The minimum Gasteiger partial charge on any atom is -0.494 e. The molecule has 0 aliphatic carbocycles. The second-order valence-corrected chi connectivity index (χ2v) is 5.51. The summed E-state index contributed by atoms with van der Waals surface area (Å²) in [4.78, 5) is 16.2. The summed E-state index contributed by atoms with van der Waals surface area (Å²) < 4.78 is 5.44. The Labute approximate surface area is 151 Å². The number of benzene rings is 1. The Balaban J connectivity index is 1.71. The van der Waals surface area contributed by atoms with Gasteiger partial charge in [-0.15, -0.1) is 0 Å². The van der Waals surface area contributed by atoms with Crippen LogP contribution in [0.4, 0.5) is 0 Å². The largest absolute Gasteiger partial charge is 0.494 e. The quantitative estimate of drug-likeness (QED) is 0.529. The zero-order chi connectivity index (χ0) is 18.4. The van der Waals surface area contributed by atoms with Crippen LogP contribution in [0.25, 0.3) is 11.3 Å². The molecule has 1 aromatic carbocycles. The number of aromatic nitrogens is 3.